The molecule has 1 saturated carbocycles. The van der Waals surface area contributed by atoms with Crippen LogP contribution in [0.15, 0.2) is 42.5 Å². The number of hydrogen-bond acceptors (Lipinski definition) is 3. The molecule has 29 heavy (non-hydrogen) atoms. The molecule has 0 radical (unpaired) electrons. The maximum Gasteiger partial charge on any atom is 0.253 e. The van der Waals surface area contributed by atoms with Gasteiger partial charge in [-0.15, -0.1) is 12.4 Å². The van der Waals surface area contributed by atoms with Crippen LogP contribution in [0.5, 0.6) is 0 Å². The number of anilines is 1. The Hall–Kier alpha value is -2.08. The molecule has 2 aromatic carbocycles. The van der Waals surface area contributed by atoms with Gasteiger partial charge in [0.25, 0.3) is 5.91 Å². The number of rotatable bonds is 5. The second kappa shape index (κ2) is 10.6. The van der Waals surface area contributed by atoms with Gasteiger partial charge in [0.05, 0.1) is 10.6 Å². The first kappa shape index (κ1) is 23.2. The van der Waals surface area contributed by atoms with E-state index in [2.05, 4.69) is 10.6 Å². The SMILES string of the molecule is Cc1ccc(C(N)C(=O)Nc2ccc(Cl)c(C(=O)NC3CCCCC3)c2)cc1.Cl. The van der Waals surface area contributed by atoms with Gasteiger partial charge in [-0.1, -0.05) is 60.7 Å². The van der Waals surface area contributed by atoms with Crippen molar-refractivity contribution < 1.29 is 9.59 Å². The van der Waals surface area contributed by atoms with E-state index in [9.17, 15) is 9.59 Å². The fourth-order valence-electron chi connectivity index (χ4n) is 3.43. The molecule has 1 unspecified atom stereocenters. The molecule has 2 amide bonds. The average molecular weight is 436 g/mol. The third kappa shape index (κ3) is 6.20. The summed E-state index contributed by atoms with van der Waals surface area (Å²) >= 11 is 6.22. The fourth-order valence-corrected chi connectivity index (χ4v) is 3.64. The van der Waals surface area contributed by atoms with E-state index in [1.807, 2.05) is 31.2 Å². The number of aryl methyl sites for hydroxylation is 1. The van der Waals surface area contributed by atoms with E-state index < -0.39 is 6.04 Å². The van der Waals surface area contributed by atoms with Crippen molar-refractivity contribution in [2.24, 2.45) is 5.73 Å². The van der Waals surface area contributed by atoms with Gasteiger partial charge in [-0.3, -0.25) is 9.59 Å². The monoisotopic (exact) mass is 435 g/mol. The molecule has 0 bridgehead atoms. The fraction of sp³-hybridized carbons (Fsp3) is 0.364. The van der Waals surface area contributed by atoms with Crippen LogP contribution in [-0.2, 0) is 4.79 Å². The molecule has 0 aromatic heterocycles. The summed E-state index contributed by atoms with van der Waals surface area (Å²) in [5.41, 5.74) is 8.75. The first-order valence-corrected chi connectivity index (χ1v) is 10.1. The van der Waals surface area contributed by atoms with Crippen LogP contribution in [0.3, 0.4) is 0 Å². The van der Waals surface area contributed by atoms with Gasteiger partial charge in [0.15, 0.2) is 0 Å². The normalized spacial score (nSPS) is 15.1. The van der Waals surface area contributed by atoms with Crippen molar-refractivity contribution in [2.75, 3.05) is 5.32 Å². The molecule has 0 aliphatic heterocycles. The van der Waals surface area contributed by atoms with Gasteiger partial charge >= 0.3 is 0 Å². The van der Waals surface area contributed by atoms with Crippen LogP contribution >= 0.6 is 24.0 Å². The molecule has 0 heterocycles. The average Bonchev–Trinajstić information content (AvgIpc) is 2.70. The predicted octanol–water partition coefficient (Wildman–Crippen LogP) is 4.77. The first-order chi connectivity index (χ1) is 13.4. The van der Waals surface area contributed by atoms with Crippen LogP contribution in [0.2, 0.25) is 5.02 Å². The second-order valence-corrected chi connectivity index (χ2v) is 7.79. The summed E-state index contributed by atoms with van der Waals surface area (Å²) in [6.07, 6.45) is 5.46. The van der Waals surface area contributed by atoms with Gasteiger partial charge in [0.1, 0.15) is 6.04 Å². The van der Waals surface area contributed by atoms with E-state index in [0.717, 1.165) is 36.8 Å². The molecule has 1 aliphatic rings. The summed E-state index contributed by atoms with van der Waals surface area (Å²) in [6.45, 7) is 1.98. The lowest BCUT2D eigenvalue weighted by atomic mass is 9.95. The van der Waals surface area contributed by atoms with Gasteiger partial charge in [-0.25, -0.2) is 0 Å². The third-order valence-electron chi connectivity index (χ3n) is 5.14. The number of nitrogens with two attached hydrogens (primary N) is 1. The first-order valence-electron chi connectivity index (χ1n) is 9.67. The Labute approximate surface area is 182 Å². The number of hydrogen-bond donors (Lipinski definition) is 3. The standard InChI is InChI=1S/C22H26ClN3O2.ClH/c1-14-7-9-15(10-8-14)20(24)22(28)26-17-11-12-19(23)18(13-17)21(27)25-16-5-3-2-4-6-16;/h7-13,16,20H,2-6,24H2,1H3,(H,25,27)(H,26,28);1H. The number of halogens is 2. The maximum atomic E-state index is 12.6. The van der Waals surface area contributed by atoms with Crippen LogP contribution in [0.4, 0.5) is 5.69 Å². The van der Waals surface area contributed by atoms with Crippen molar-refractivity contribution in [3.05, 3.63) is 64.2 Å². The summed E-state index contributed by atoms with van der Waals surface area (Å²) in [5, 5.41) is 6.18. The minimum absolute atomic E-state index is 0. The largest absolute Gasteiger partial charge is 0.349 e. The summed E-state index contributed by atoms with van der Waals surface area (Å²) in [7, 11) is 0. The highest BCUT2D eigenvalue weighted by Crippen LogP contribution is 2.23. The topological polar surface area (TPSA) is 84.2 Å². The zero-order chi connectivity index (χ0) is 20.1. The number of carbonyl (C=O) groups excluding carboxylic acids is 2. The minimum atomic E-state index is -0.796. The molecular formula is C22H27Cl2N3O2. The van der Waals surface area contributed by atoms with Crippen molar-refractivity contribution in [1.82, 2.24) is 5.32 Å². The van der Waals surface area contributed by atoms with E-state index in [1.54, 1.807) is 18.2 Å². The van der Waals surface area contributed by atoms with Crippen LogP contribution in [0, 0.1) is 6.92 Å². The van der Waals surface area contributed by atoms with E-state index in [0.29, 0.717) is 16.3 Å². The van der Waals surface area contributed by atoms with E-state index in [4.69, 9.17) is 17.3 Å². The zero-order valence-electron chi connectivity index (χ0n) is 16.4. The van der Waals surface area contributed by atoms with Crippen LogP contribution in [0.1, 0.15) is 59.6 Å². The molecule has 0 spiro atoms. The Morgan fingerprint density at radius 2 is 1.72 bits per heavy atom. The molecule has 1 atom stereocenters. The van der Waals surface area contributed by atoms with Gasteiger partial charge in [0.2, 0.25) is 5.91 Å². The molecule has 5 nitrogen and oxygen atoms in total. The lowest BCUT2D eigenvalue weighted by Crippen LogP contribution is -2.36. The van der Waals surface area contributed by atoms with Gasteiger partial charge in [-0.2, -0.15) is 0 Å². The molecular weight excluding hydrogens is 409 g/mol. The predicted molar refractivity (Wildman–Crippen MR) is 120 cm³/mol. The van der Waals surface area contributed by atoms with Crippen LogP contribution < -0.4 is 16.4 Å². The number of carbonyl (C=O) groups is 2. The molecule has 156 valence electrons. The Morgan fingerprint density at radius 3 is 2.38 bits per heavy atom. The van der Waals surface area contributed by atoms with Crippen molar-refractivity contribution in [2.45, 2.75) is 51.1 Å². The highest BCUT2D eigenvalue weighted by Gasteiger charge is 2.20. The molecule has 1 aliphatic carbocycles. The molecule has 2 aromatic rings. The highest BCUT2D eigenvalue weighted by atomic mass is 35.5. The molecule has 1 fully saturated rings. The Kier molecular flexibility index (Phi) is 8.50. The van der Waals surface area contributed by atoms with Crippen molar-refractivity contribution >= 4 is 41.5 Å². The number of amides is 2. The summed E-state index contributed by atoms with van der Waals surface area (Å²) in [5.74, 6) is -0.555. The Morgan fingerprint density at radius 1 is 1.07 bits per heavy atom. The Bertz CT molecular complexity index is 850. The lowest BCUT2D eigenvalue weighted by molar-refractivity contribution is -0.117. The van der Waals surface area contributed by atoms with Crippen LogP contribution in [-0.4, -0.2) is 17.9 Å². The minimum Gasteiger partial charge on any atom is -0.349 e. The summed E-state index contributed by atoms with van der Waals surface area (Å²) < 4.78 is 0. The van der Waals surface area contributed by atoms with Crippen molar-refractivity contribution in [3.8, 4) is 0 Å². The highest BCUT2D eigenvalue weighted by molar-refractivity contribution is 6.34. The zero-order valence-corrected chi connectivity index (χ0v) is 18.0. The van der Waals surface area contributed by atoms with Gasteiger partial charge in [-0.05, 0) is 43.5 Å². The van der Waals surface area contributed by atoms with Gasteiger partial charge < -0.3 is 16.4 Å². The number of nitrogens with one attached hydrogen (secondary N) is 2. The molecule has 3 rings (SSSR count). The second-order valence-electron chi connectivity index (χ2n) is 7.38. The molecule has 7 heteroatoms. The smallest absolute Gasteiger partial charge is 0.253 e. The third-order valence-corrected chi connectivity index (χ3v) is 5.47. The van der Waals surface area contributed by atoms with Crippen LogP contribution in [0.25, 0.3) is 0 Å². The van der Waals surface area contributed by atoms with Crippen molar-refractivity contribution in [1.29, 1.82) is 0 Å². The van der Waals surface area contributed by atoms with E-state index >= 15 is 0 Å². The lowest BCUT2D eigenvalue weighted by Gasteiger charge is -2.23. The van der Waals surface area contributed by atoms with E-state index in [1.165, 1.54) is 6.42 Å². The Balaban J connectivity index is 0.00000300. The number of benzene rings is 2. The van der Waals surface area contributed by atoms with Crippen molar-refractivity contribution in [3.63, 3.8) is 0 Å². The molecule has 0 saturated heterocycles. The van der Waals surface area contributed by atoms with E-state index in [-0.39, 0.29) is 30.3 Å². The van der Waals surface area contributed by atoms with Gasteiger partial charge in [0, 0.05) is 11.7 Å². The summed E-state index contributed by atoms with van der Waals surface area (Å²) in [6, 6.07) is 11.8. The molecule has 4 N–H and O–H groups in total. The summed E-state index contributed by atoms with van der Waals surface area (Å²) in [4.78, 5) is 25.1. The quantitative estimate of drug-likeness (QED) is 0.631. The maximum absolute atomic E-state index is 12.6.